The van der Waals surface area contributed by atoms with Gasteiger partial charge in [-0.25, -0.2) is 10.9 Å². The highest BCUT2D eigenvalue weighted by Gasteiger charge is 2.27. The molecule has 3 rings (SSSR count). The van der Waals surface area contributed by atoms with Gasteiger partial charge in [0.2, 0.25) is 5.91 Å². The van der Waals surface area contributed by atoms with Crippen LogP contribution in [0.4, 0.5) is 5.69 Å². The van der Waals surface area contributed by atoms with E-state index in [1.165, 1.54) is 5.56 Å². The molecule has 5 nitrogen and oxygen atoms in total. The van der Waals surface area contributed by atoms with Crippen LogP contribution < -0.4 is 21.5 Å². The zero-order valence-corrected chi connectivity index (χ0v) is 13.5. The second-order valence-electron chi connectivity index (χ2n) is 5.62. The minimum absolute atomic E-state index is 0.0456. The minimum atomic E-state index is -0.377. The minimum Gasteiger partial charge on any atom is -0.352 e. The molecule has 0 spiro atoms. The summed E-state index contributed by atoms with van der Waals surface area (Å²) < 4.78 is 0. The third kappa shape index (κ3) is 4.22. The van der Waals surface area contributed by atoms with E-state index < -0.39 is 0 Å². The maximum atomic E-state index is 12.2. The summed E-state index contributed by atoms with van der Waals surface area (Å²) in [6.07, 6.45) is 0.255. The number of carbonyl (C=O) groups excluding carboxylic acids is 1. The predicted octanol–water partition coefficient (Wildman–Crippen LogP) is 2.18. The van der Waals surface area contributed by atoms with Crippen LogP contribution in [-0.2, 0) is 11.2 Å². The molecule has 0 radical (unpaired) electrons. The first-order valence-corrected chi connectivity index (χ1v) is 7.87. The van der Waals surface area contributed by atoms with Crippen molar-refractivity contribution in [1.82, 2.24) is 16.2 Å². The molecular weight excluding hydrogens is 312 g/mol. The highest BCUT2D eigenvalue weighted by Crippen LogP contribution is 2.14. The number of nitrogens with one attached hydrogen (secondary N) is 4. The van der Waals surface area contributed by atoms with Gasteiger partial charge in [-0.3, -0.25) is 4.79 Å². The molecule has 2 aromatic rings. The van der Waals surface area contributed by atoms with Crippen LogP contribution in [0, 0.1) is 6.92 Å². The molecule has 2 atom stereocenters. The lowest BCUT2D eigenvalue weighted by molar-refractivity contribution is -0.126. The number of benzene rings is 2. The van der Waals surface area contributed by atoms with E-state index in [0.717, 1.165) is 11.3 Å². The maximum Gasteiger partial charge on any atom is 0.241 e. The molecule has 0 aromatic heterocycles. The van der Waals surface area contributed by atoms with E-state index in [-0.39, 0.29) is 18.2 Å². The third-order valence-corrected chi connectivity index (χ3v) is 3.97. The van der Waals surface area contributed by atoms with Crippen molar-refractivity contribution in [3.8, 4) is 0 Å². The van der Waals surface area contributed by atoms with E-state index in [0.29, 0.717) is 11.4 Å². The number of carbonyl (C=O) groups is 1. The topological polar surface area (TPSA) is 65.2 Å². The van der Waals surface area contributed by atoms with E-state index in [2.05, 4.69) is 21.5 Å². The number of hydrazine groups is 1. The van der Waals surface area contributed by atoms with Gasteiger partial charge in [0, 0.05) is 10.7 Å². The van der Waals surface area contributed by atoms with E-state index >= 15 is 0 Å². The van der Waals surface area contributed by atoms with Gasteiger partial charge in [0.1, 0.15) is 6.04 Å². The van der Waals surface area contributed by atoms with Crippen LogP contribution in [0.3, 0.4) is 0 Å². The molecule has 0 bridgehead atoms. The van der Waals surface area contributed by atoms with Gasteiger partial charge >= 0.3 is 0 Å². The van der Waals surface area contributed by atoms with E-state index in [4.69, 9.17) is 11.6 Å². The van der Waals surface area contributed by atoms with Gasteiger partial charge in [-0.1, -0.05) is 41.4 Å². The Labute approximate surface area is 140 Å². The molecule has 120 valence electrons. The summed E-state index contributed by atoms with van der Waals surface area (Å²) in [6, 6.07) is 15.2. The molecule has 23 heavy (non-hydrogen) atoms. The van der Waals surface area contributed by atoms with Crippen molar-refractivity contribution in [3.63, 3.8) is 0 Å². The largest absolute Gasteiger partial charge is 0.352 e. The number of hydrogen-bond acceptors (Lipinski definition) is 4. The maximum absolute atomic E-state index is 12.2. The highest BCUT2D eigenvalue weighted by atomic mass is 35.5. The van der Waals surface area contributed by atoms with E-state index in [1.807, 2.05) is 43.3 Å². The van der Waals surface area contributed by atoms with Crippen LogP contribution in [0.2, 0.25) is 5.02 Å². The Balaban J connectivity index is 1.55. The fraction of sp³-hybridized carbons (Fsp3) is 0.235. The molecule has 1 saturated heterocycles. The van der Waals surface area contributed by atoms with Crippen LogP contribution in [0.15, 0.2) is 48.5 Å². The van der Waals surface area contributed by atoms with Gasteiger partial charge in [0.05, 0.1) is 0 Å². The van der Waals surface area contributed by atoms with Crippen LogP contribution >= 0.6 is 11.6 Å². The molecule has 1 aliphatic rings. The molecule has 1 amide bonds. The lowest BCUT2D eigenvalue weighted by Gasteiger charge is -2.32. The molecular formula is C17H19ClN4O. The number of hydrogen-bond donors (Lipinski definition) is 4. The summed E-state index contributed by atoms with van der Waals surface area (Å²) in [7, 11) is 0. The van der Waals surface area contributed by atoms with Crippen LogP contribution in [0.1, 0.15) is 11.1 Å². The van der Waals surface area contributed by atoms with Gasteiger partial charge < -0.3 is 10.6 Å². The first kappa shape index (κ1) is 15.8. The van der Waals surface area contributed by atoms with Crippen molar-refractivity contribution in [3.05, 3.63) is 64.7 Å². The Morgan fingerprint density at radius 1 is 1.04 bits per heavy atom. The normalized spacial score (nSPS) is 20.9. The van der Waals surface area contributed by atoms with Gasteiger partial charge in [-0.15, -0.1) is 0 Å². The van der Waals surface area contributed by atoms with Crippen molar-refractivity contribution in [2.75, 3.05) is 5.32 Å². The Morgan fingerprint density at radius 2 is 1.74 bits per heavy atom. The lowest BCUT2D eigenvalue weighted by Crippen LogP contribution is -2.68. The zero-order chi connectivity index (χ0) is 16.2. The second-order valence-corrected chi connectivity index (χ2v) is 6.06. The van der Waals surface area contributed by atoms with Crippen molar-refractivity contribution < 1.29 is 4.79 Å². The fourth-order valence-corrected chi connectivity index (χ4v) is 2.54. The summed E-state index contributed by atoms with van der Waals surface area (Å²) >= 11 is 5.86. The molecule has 0 saturated carbocycles. The number of amides is 1. The second kappa shape index (κ2) is 7.00. The monoisotopic (exact) mass is 330 g/mol. The molecule has 2 aromatic carbocycles. The fourth-order valence-electron chi connectivity index (χ4n) is 2.42. The average Bonchev–Trinajstić information content (AvgIpc) is 2.54. The Bertz CT molecular complexity index is 672. The highest BCUT2D eigenvalue weighted by molar-refractivity contribution is 6.30. The summed E-state index contributed by atoms with van der Waals surface area (Å²) in [4.78, 5) is 12.2. The summed E-state index contributed by atoms with van der Waals surface area (Å²) in [5, 5.41) is 6.74. The van der Waals surface area contributed by atoms with E-state index in [1.54, 1.807) is 12.1 Å². The van der Waals surface area contributed by atoms with Crippen LogP contribution in [-0.4, -0.2) is 18.2 Å². The van der Waals surface area contributed by atoms with Crippen molar-refractivity contribution in [1.29, 1.82) is 0 Å². The van der Waals surface area contributed by atoms with Crippen molar-refractivity contribution >= 4 is 23.2 Å². The van der Waals surface area contributed by atoms with Gasteiger partial charge in [0.15, 0.2) is 6.29 Å². The zero-order valence-electron chi connectivity index (χ0n) is 12.8. The molecule has 1 aliphatic heterocycles. The Kier molecular flexibility index (Phi) is 4.81. The first-order chi connectivity index (χ1) is 11.1. The number of rotatable bonds is 4. The van der Waals surface area contributed by atoms with Gasteiger partial charge in [-0.05, 0) is 43.2 Å². The molecule has 2 unspecified atom stereocenters. The third-order valence-electron chi connectivity index (χ3n) is 3.72. The van der Waals surface area contributed by atoms with Crippen molar-refractivity contribution in [2.24, 2.45) is 0 Å². The average molecular weight is 331 g/mol. The number of halogens is 1. The van der Waals surface area contributed by atoms with Crippen LogP contribution in [0.25, 0.3) is 0 Å². The lowest BCUT2D eigenvalue weighted by atomic mass is 10.0. The summed E-state index contributed by atoms with van der Waals surface area (Å²) in [5.41, 5.74) is 9.33. The SMILES string of the molecule is Cc1ccc(CC2NNC(Nc3ccc(Cl)cc3)NC2=O)cc1. The van der Waals surface area contributed by atoms with Crippen molar-refractivity contribution in [2.45, 2.75) is 25.7 Å². The van der Waals surface area contributed by atoms with Gasteiger partial charge in [0.25, 0.3) is 0 Å². The first-order valence-electron chi connectivity index (χ1n) is 7.49. The number of anilines is 1. The number of aryl methyl sites for hydroxylation is 1. The molecule has 1 heterocycles. The molecule has 1 fully saturated rings. The Morgan fingerprint density at radius 3 is 2.39 bits per heavy atom. The Hall–Kier alpha value is -2.08. The molecule has 0 aliphatic carbocycles. The summed E-state index contributed by atoms with van der Waals surface area (Å²) in [6.45, 7) is 2.05. The van der Waals surface area contributed by atoms with Crippen LogP contribution in [0.5, 0.6) is 0 Å². The predicted molar refractivity (Wildman–Crippen MR) is 91.9 cm³/mol. The molecule has 4 N–H and O–H groups in total. The standard InChI is InChI=1S/C17H19ClN4O/c1-11-2-4-12(5-3-11)10-15-16(23)20-17(22-21-15)19-14-8-6-13(18)7-9-14/h2-9,15,17,19,21-22H,10H2,1H3,(H,20,23). The summed E-state index contributed by atoms with van der Waals surface area (Å²) in [5.74, 6) is -0.0456. The smallest absolute Gasteiger partial charge is 0.241 e. The van der Waals surface area contributed by atoms with E-state index in [9.17, 15) is 4.79 Å². The van der Waals surface area contributed by atoms with Gasteiger partial charge in [-0.2, -0.15) is 0 Å². The molecule has 6 heteroatoms. The quantitative estimate of drug-likeness (QED) is 0.694.